The second kappa shape index (κ2) is 10.6. The van der Waals surface area contributed by atoms with E-state index in [2.05, 4.69) is 55.3 Å². The fourth-order valence-corrected chi connectivity index (χ4v) is 3.56. The van der Waals surface area contributed by atoms with Crippen molar-refractivity contribution in [3.8, 4) is 5.75 Å². The summed E-state index contributed by atoms with van der Waals surface area (Å²) in [7, 11) is 0. The summed E-state index contributed by atoms with van der Waals surface area (Å²) in [6.07, 6.45) is 1.04. The summed E-state index contributed by atoms with van der Waals surface area (Å²) in [5, 5.41) is 2.95. The molecule has 3 rings (SSSR count). The van der Waals surface area contributed by atoms with Gasteiger partial charge in [0.1, 0.15) is 5.75 Å². The Morgan fingerprint density at radius 3 is 2.57 bits per heavy atom. The number of morpholine rings is 1. The van der Waals surface area contributed by atoms with Gasteiger partial charge in [0.05, 0.1) is 12.7 Å². The number of rotatable bonds is 8. The van der Waals surface area contributed by atoms with E-state index in [1.54, 1.807) is 0 Å². The van der Waals surface area contributed by atoms with Crippen LogP contribution in [0.5, 0.6) is 5.75 Å². The second-order valence-electron chi connectivity index (χ2n) is 8.84. The number of carbonyl (C=O) groups is 1. The van der Waals surface area contributed by atoms with Gasteiger partial charge in [0.2, 0.25) is 0 Å². The normalized spacial score (nSPS) is 17.5. The van der Waals surface area contributed by atoms with E-state index < -0.39 is 0 Å². The number of carbonyl (C=O) groups excluding carboxylic acids is 1. The fourth-order valence-electron chi connectivity index (χ4n) is 3.56. The van der Waals surface area contributed by atoms with E-state index in [9.17, 15) is 4.79 Å². The molecule has 5 heteroatoms. The van der Waals surface area contributed by atoms with Gasteiger partial charge in [-0.1, -0.05) is 63.2 Å². The standard InChI is InChI=1S/C25H34N2O3/c1-25(2,3)21-10-12-22(13-11-21)30-19-24(28)26-14-7-15-27-16-17-29-23(18-27)20-8-5-4-6-9-20/h4-6,8-13,23H,7,14-19H2,1-3H3,(H,26,28). The lowest BCUT2D eigenvalue weighted by Crippen LogP contribution is -2.40. The van der Waals surface area contributed by atoms with Crippen LogP contribution in [0.15, 0.2) is 54.6 Å². The van der Waals surface area contributed by atoms with E-state index in [4.69, 9.17) is 9.47 Å². The monoisotopic (exact) mass is 410 g/mol. The molecule has 1 heterocycles. The Kier molecular flexibility index (Phi) is 7.88. The molecule has 1 aliphatic heterocycles. The fraction of sp³-hybridized carbons (Fsp3) is 0.480. The van der Waals surface area contributed by atoms with Crippen molar-refractivity contribution in [1.29, 1.82) is 0 Å². The van der Waals surface area contributed by atoms with Crippen molar-refractivity contribution >= 4 is 5.91 Å². The first-order valence-electron chi connectivity index (χ1n) is 10.8. The lowest BCUT2D eigenvalue weighted by atomic mass is 9.87. The maximum Gasteiger partial charge on any atom is 0.257 e. The Bertz CT molecular complexity index is 784. The van der Waals surface area contributed by atoms with Crippen LogP contribution in [0.1, 0.15) is 44.4 Å². The first-order chi connectivity index (χ1) is 14.4. The lowest BCUT2D eigenvalue weighted by Gasteiger charge is -2.33. The average Bonchev–Trinajstić information content (AvgIpc) is 2.76. The molecule has 2 aromatic carbocycles. The van der Waals surface area contributed by atoms with Gasteiger partial charge in [0.25, 0.3) is 5.91 Å². The van der Waals surface area contributed by atoms with E-state index in [-0.39, 0.29) is 24.0 Å². The quantitative estimate of drug-likeness (QED) is 0.670. The number of ether oxygens (including phenoxy) is 2. The van der Waals surface area contributed by atoms with Crippen molar-refractivity contribution < 1.29 is 14.3 Å². The van der Waals surface area contributed by atoms with Crippen LogP contribution >= 0.6 is 0 Å². The van der Waals surface area contributed by atoms with Crippen LogP contribution in [-0.2, 0) is 14.9 Å². The second-order valence-corrected chi connectivity index (χ2v) is 8.84. The first-order valence-corrected chi connectivity index (χ1v) is 10.8. The number of nitrogens with one attached hydrogen (secondary N) is 1. The molecule has 30 heavy (non-hydrogen) atoms. The molecule has 0 saturated carbocycles. The summed E-state index contributed by atoms with van der Waals surface area (Å²) in [5.41, 5.74) is 2.58. The van der Waals surface area contributed by atoms with E-state index in [1.807, 2.05) is 30.3 Å². The highest BCUT2D eigenvalue weighted by Gasteiger charge is 2.21. The summed E-state index contributed by atoms with van der Waals surface area (Å²) >= 11 is 0. The van der Waals surface area contributed by atoms with Crippen molar-refractivity contribution in [1.82, 2.24) is 10.2 Å². The van der Waals surface area contributed by atoms with Gasteiger partial charge in [-0.05, 0) is 35.1 Å². The summed E-state index contributed by atoms with van der Waals surface area (Å²) in [6.45, 7) is 10.7. The lowest BCUT2D eigenvalue weighted by molar-refractivity contribution is -0.123. The molecule has 162 valence electrons. The highest BCUT2D eigenvalue weighted by Crippen LogP contribution is 2.24. The summed E-state index contributed by atoms with van der Waals surface area (Å²) in [4.78, 5) is 14.5. The summed E-state index contributed by atoms with van der Waals surface area (Å²) < 4.78 is 11.5. The number of hydrogen-bond donors (Lipinski definition) is 1. The predicted octanol–water partition coefficient (Wildman–Crippen LogP) is 3.94. The molecule has 1 aliphatic rings. The van der Waals surface area contributed by atoms with Gasteiger partial charge in [-0.15, -0.1) is 0 Å². The van der Waals surface area contributed by atoms with Gasteiger partial charge < -0.3 is 14.8 Å². The van der Waals surface area contributed by atoms with E-state index >= 15 is 0 Å². The summed E-state index contributed by atoms with van der Waals surface area (Å²) in [5.74, 6) is 0.637. The van der Waals surface area contributed by atoms with Crippen LogP contribution in [0.4, 0.5) is 0 Å². The molecule has 0 radical (unpaired) electrons. The highest BCUT2D eigenvalue weighted by atomic mass is 16.5. The third kappa shape index (κ3) is 6.85. The van der Waals surface area contributed by atoms with Crippen LogP contribution in [0.3, 0.4) is 0 Å². The number of hydrogen-bond acceptors (Lipinski definition) is 4. The van der Waals surface area contributed by atoms with Crippen molar-refractivity contribution in [3.05, 3.63) is 65.7 Å². The SMILES string of the molecule is CC(C)(C)c1ccc(OCC(=O)NCCCN2CCOC(c3ccccc3)C2)cc1. The number of benzene rings is 2. The zero-order valence-electron chi connectivity index (χ0n) is 18.4. The number of amides is 1. The zero-order valence-corrected chi connectivity index (χ0v) is 18.4. The highest BCUT2D eigenvalue weighted by molar-refractivity contribution is 5.77. The third-order valence-electron chi connectivity index (χ3n) is 5.39. The maximum absolute atomic E-state index is 12.1. The van der Waals surface area contributed by atoms with Crippen LogP contribution in [0.25, 0.3) is 0 Å². The minimum atomic E-state index is -0.0842. The van der Waals surface area contributed by atoms with E-state index in [0.29, 0.717) is 6.54 Å². The maximum atomic E-state index is 12.1. The smallest absolute Gasteiger partial charge is 0.257 e. The van der Waals surface area contributed by atoms with Gasteiger partial charge in [-0.25, -0.2) is 0 Å². The van der Waals surface area contributed by atoms with Gasteiger partial charge >= 0.3 is 0 Å². The minimum absolute atomic E-state index is 0.0441. The topological polar surface area (TPSA) is 50.8 Å². The first kappa shape index (κ1) is 22.3. The van der Waals surface area contributed by atoms with Gasteiger partial charge in [-0.2, -0.15) is 0 Å². The molecule has 1 saturated heterocycles. The molecular formula is C25H34N2O3. The van der Waals surface area contributed by atoms with Crippen molar-refractivity contribution in [2.24, 2.45) is 0 Å². The van der Waals surface area contributed by atoms with E-state index in [1.165, 1.54) is 11.1 Å². The molecular weight excluding hydrogens is 376 g/mol. The van der Waals surface area contributed by atoms with Crippen LogP contribution in [-0.4, -0.2) is 50.2 Å². The Labute approximate surface area is 180 Å². The van der Waals surface area contributed by atoms with Crippen LogP contribution in [0, 0.1) is 0 Å². The Morgan fingerprint density at radius 1 is 1.13 bits per heavy atom. The minimum Gasteiger partial charge on any atom is -0.484 e. The largest absolute Gasteiger partial charge is 0.484 e. The molecule has 2 aromatic rings. The van der Waals surface area contributed by atoms with Gasteiger partial charge in [-0.3, -0.25) is 9.69 Å². The molecule has 1 N–H and O–H groups in total. The molecule has 0 aliphatic carbocycles. The van der Waals surface area contributed by atoms with Crippen LogP contribution in [0.2, 0.25) is 0 Å². The molecule has 0 bridgehead atoms. The molecule has 1 fully saturated rings. The van der Waals surface area contributed by atoms with Crippen molar-refractivity contribution in [2.45, 2.75) is 38.7 Å². The van der Waals surface area contributed by atoms with Gasteiger partial charge in [0.15, 0.2) is 6.61 Å². The molecule has 0 spiro atoms. The van der Waals surface area contributed by atoms with Crippen molar-refractivity contribution in [2.75, 3.05) is 39.4 Å². The Morgan fingerprint density at radius 2 is 1.87 bits per heavy atom. The van der Waals surface area contributed by atoms with Gasteiger partial charge in [0, 0.05) is 26.2 Å². The molecule has 1 amide bonds. The molecule has 5 nitrogen and oxygen atoms in total. The zero-order chi connectivity index (χ0) is 21.4. The third-order valence-corrected chi connectivity index (χ3v) is 5.39. The number of nitrogens with zero attached hydrogens (tertiary/aromatic N) is 1. The molecule has 1 unspecified atom stereocenters. The van der Waals surface area contributed by atoms with E-state index in [0.717, 1.165) is 38.4 Å². The predicted molar refractivity (Wildman–Crippen MR) is 120 cm³/mol. The Hall–Kier alpha value is -2.37. The molecule has 1 atom stereocenters. The average molecular weight is 411 g/mol. The van der Waals surface area contributed by atoms with Crippen LogP contribution < -0.4 is 10.1 Å². The molecule has 0 aromatic heterocycles. The van der Waals surface area contributed by atoms with Crippen molar-refractivity contribution in [3.63, 3.8) is 0 Å². The Balaban J connectivity index is 1.32. The summed E-state index contributed by atoms with van der Waals surface area (Å²) in [6, 6.07) is 18.3.